The van der Waals surface area contributed by atoms with Gasteiger partial charge in [-0.05, 0) is 43.7 Å². The van der Waals surface area contributed by atoms with Crippen molar-refractivity contribution in [2.24, 2.45) is 5.92 Å². The summed E-state index contributed by atoms with van der Waals surface area (Å²) >= 11 is 3.40. The number of amides is 1. The number of rotatable bonds is 5. The van der Waals surface area contributed by atoms with Gasteiger partial charge in [0.05, 0.1) is 12.5 Å². The third kappa shape index (κ3) is 4.66. The average Bonchev–Trinajstić information content (AvgIpc) is 3.19. The predicted molar refractivity (Wildman–Crippen MR) is 111 cm³/mol. The summed E-state index contributed by atoms with van der Waals surface area (Å²) in [5.74, 6) is 1.18. The lowest BCUT2D eigenvalue weighted by Crippen LogP contribution is -2.40. The summed E-state index contributed by atoms with van der Waals surface area (Å²) in [5, 5.41) is 7.08. The van der Waals surface area contributed by atoms with Gasteiger partial charge in [-0.15, -0.1) is 0 Å². The average molecular weight is 441 g/mol. The zero-order chi connectivity index (χ0) is 19.3. The number of carbonyl (C=O) groups is 1. The Labute approximate surface area is 172 Å². The summed E-state index contributed by atoms with van der Waals surface area (Å²) in [6, 6.07) is 17.4. The first-order valence-electron chi connectivity index (χ1n) is 9.34. The highest BCUT2D eigenvalue weighted by Gasteiger charge is 2.27. The molecule has 3 aromatic rings. The van der Waals surface area contributed by atoms with Crippen LogP contribution in [0.5, 0.6) is 0 Å². The summed E-state index contributed by atoms with van der Waals surface area (Å²) in [6.07, 6.45) is 1.86. The van der Waals surface area contributed by atoms with Crippen LogP contribution in [-0.4, -0.2) is 34.0 Å². The highest BCUT2D eigenvalue weighted by molar-refractivity contribution is 9.10. The van der Waals surface area contributed by atoms with Crippen LogP contribution >= 0.6 is 15.9 Å². The molecule has 1 atom stereocenters. The first-order valence-corrected chi connectivity index (χ1v) is 10.1. The molecule has 1 aromatic heterocycles. The fourth-order valence-electron chi connectivity index (χ4n) is 3.41. The molecule has 2 heterocycles. The van der Waals surface area contributed by atoms with E-state index in [1.807, 2.05) is 54.6 Å². The van der Waals surface area contributed by atoms with Crippen molar-refractivity contribution in [3.8, 4) is 11.4 Å². The monoisotopic (exact) mass is 440 g/mol. The van der Waals surface area contributed by atoms with E-state index in [0.29, 0.717) is 24.8 Å². The Morgan fingerprint density at radius 1 is 1.18 bits per heavy atom. The molecular weight excluding hydrogens is 420 g/mol. The Morgan fingerprint density at radius 3 is 2.75 bits per heavy atom. The number of benzene rings is 2. The minimum atomic E-state index is -0.0473. The number of likely N-dealkylation sites (tertiary alicyclic amines) is 1. The Kier molecular flexibility index (Phi) is 5.83. The second-order valence-electron chi connectivity index (χ2n) is 6.95. The van der Waals surface area contributed by atoms with E-state index in [1.54, 1.807) is 0 Å². The molecule has 1 aliphatic rings. The van der Waals surface area contributed by atoms with E-state index >= 15 is 0 Å². The fraction of sp³-hybridized carbons (Fsp3) is 0.286. The zero-order valence-corrected chi connectivity index (χ0v) is 16.9. The molecule has 6 nitrogen and oxygen atoms in total. The van der Waals surface area contributed by atoms with Gasteiger partial charge < -0.3 is 9.84 Å². The van der Waals surface area contributed by atoms with Crippen LogP contribution in [0.15, 0.2) is 63.6 Å². The van der Waals surface area contributed by atoms with E-state index in [2.05, 4.69) is 36.3 Å². The maximum Gasteiger partial charge on any atom is 0.241 e. The van der Waals surface area contributed by atoms with Crippen molar-refractivity contribution >= 4 is 27.5 Å². The quantitative estimate of drug-likeness (QED) is 0.638. The van der Waals surface area contributed by atoms with Crippen LogP contribution in [0.3, 0.4) is 0 Å². The molecule has 0 bridgehead atoms. The standard InChI is InChI=1S/C21H21BrN4O2/c22-17-8-10-18(11-9-17)23-21(27)16-7-4-12-26(13-16)14-19-24-20(25-28-19)15-5-2-1-3-6-15/h1-3,5-6,8-11,16H,4,7,12-14H2,(H,23,27). The molecule has 0 aliphatic carbocycles. The summed E-state index contributed by atoms with van der Waals surface area (Å²) in [5.41, 5.74) is 1.75. The van der Waals surface area contributed by atoms with Crippen molar-refractivity contribution in [3.05, 3.63) is 65.0 Å². The molecule has 0 saturated carbocycles. The van der Waals surface area contributed by atoms with Gasteiger partial charge in [0.2, 0.25) is 17.6 Å². The molecule has 7 heteroatoms. The van der Waals surface area contributed by atoms with Crippen LogP contribution in [0.2, 0.25) is 0 Å². The second kappa shape index (κ2) is 8.67. The highest BCUT2D eigenvalue weighted by atomic mass is 79.9. The SMILES string of the molecule is O=C(Nc1ccc(Br)cc1)C1CCCN(Cc2nc(-c3ccccc3)no2)C1. The lowest BCUT2D eigenvalue weighted by Gasteiger charge is -2.30. The third-order valence-electron chi connectivity index (χ3n) is 4.85. The van der Waals surface area contributed by atoms with Crippen molar-refractivity contribution in [2.45, 2.75) is 19.4 Å². The number of hydrogen-bond donors (Lipinski definition) is 1. The largest absolute Gasteiger partial charge is 0.338 e. The van der Waals surface area contributed by atoms with Crippen molar-refractivity contribution in [3.63, 3.8) is 0 Å². The summed E-state index contributed by atoms with van der Waals surface area (Å²) < 4.78 is 6.41. The summed E-state index contributed by atoms with van der Waals surface area (Å²) in [6.45, 7) is 2.17. The number of aromatic nitrogens is 2. The number of anilines is 1. The van der Waals surface area contributed by atoms with Gasteiger partial charge in [0, 0.05) is 22.3 Å². The Balaban J connectivity index is 1.35. The molecule has 1 aliphatic heterocycles. The minimum absolute atomic E-state index is 0.0473. The van der Waals surface area contributed by atoms with Crippen LogP contribution in [0.25, 0.3) is 11.4 Å². The van der Waals surface area contributed by atoms with Crippen LogP contribution in [0.1, 0.15) is 18.7 Å². The predicted octanol–water partition coefficient (Wildman–Crippen LogP) is 4.35. The highest BCUT2D eigenvalue weighted by Crippen LogP contribution is 2.22. The lowest BCUT2D eigenvalue weighted by molar-refractivity contribution is -0.121. The lowest BCUT2D eigenvalue weighted by atomic mass is 9.97. The van der Waals surface area contributed by atoms with E-state index in [0.717, 1.165) is 35.1 Å². The van der Waals surface area contributed by atoms with Gasteiger partial charge in [-0.2, -0.15) is 4.98 Å². The molecule has 0 radical (unpaired) electrons. The van der Waals surface area contributed by atoms with Gasteiger partial charge >= 0.3 is 0 Å². The van der Waals surface area contributed by atoms with Gasteiger partial charge in [0.15, 0.2) is 0 Å². The summed E-state index contributed by atoms with van der Waals surface area (Å²) in [4.78, 5) is 19.3. The number of carbonyl (C=O) groups excluding carboxylic acids is 1. The maximum atomic E-state index is 12.6. The molecule has 1 amide bonds. The normalized spacial score (nSPS) is 17.4. The van der Waals surface area contributed by atoms with E-state index in [9.17, 15) is 4.79 Å². The number of nitrogens with one attached hydrogen (secondary N) is 1. The molecule has 1 saturated heterocycles. The van der Waals surface area contributed by atoms with E-state index in [-0.39, 0.29) is 11.8 Å². The maximum absolute atomic E-state index is 12.6. The Hall–Kier alpha value is -2.51. The van der Waals surface area contributed by atoms with Crippen molar-refractivity contribution in [1.82, 2.24) is 15.0 Å². The van der Waals surface area contributed by atoms with Crippen LogP contribution in [0.4, 0.5) is 5.69 Å². The Bertz CT molecular complexity index is 927. The Morgan fingerprint density at radius 2 is 1.96 bits per heavy atom. The molecule has 1 fully saturated rings. The molecule has 28 heavy (non-hydrogen) atoms. The van der Waals surface area contributed by atoms with E-state index in [4.69, 9.17) is 4.52 Å². The van der Waals surface area contributed by atoms with Gasteiger partial charge in [0.25, 0.3) is 0 Å². The van der Waals surface area contributed by atoms with Crippen molar-refractivity contribution in [1.29, 1.82) is 0 Å². The van der Waals surface area contributed by atoms with Crippen LogP contribution in [0, 0.1) is 5.92 Å². The van der Waals surface area contributed by atoms with Gasteiger partial charge in [0.1, 0.15) is 0 Å². The fourth-order valence-corrected chi connectivity index (χ4v) is 3.67. The second-order valence-corrected chi connectivity index (χ2v) is 7.86. The molecule has 1 N–H and O–H groups in total. The van der Waals surface area contributed by atoms with Crippen molar-refractivity contribution in [2.75, 3.05) is 18.4 Å². The molecule has 4 rings (SSSR count). The summed E-state index contributed by atoms with van der Waals surface area (Å²) in [7, 11) is 0. The van der Waals surface area contributed by atoms with Gasteiger partial charge in [-0.3, -0.25) is 9.69 Å². The minimum Gasteiger partial charge on any atom is -0.338 e. The first-order chi connectivity index (χ1) is 13.7. The van der Waals surface area contributed by atoms with E-state index in [1.165, 1.54) is 0 Å². The first kappa shape index (κ1) is 18.8. The topological polar surface area (TPSA) is 71.3 Å². The number of piperidine rings is 1. The van der Waals surface area contributed by atoms with Crippen LogP contribution < -0.4 is 5.32 Å². The molecule has 144 valence electrons. The number of nitrogens with zero attached hydrogens (tertiary/aromatic N) is 3. The molecular formula is C21H21BrN4O2. The number of hydrogen-bond acceptors (Lipinski definition) is 5. The molecule has 2 aromatic carbocycles. The third-order valence-corrected chi connectivity index (χ3v) is 5.38. The smallest absolute Gasteiger partial charge is 0.241 e. The van der Waals surface area contributed by atoms with Crippen molar-refractivity contribution < 1.29 is 9.32 Å². The van der Waals surface area contributed by atoms with E-state index < -0.39 is 0 Å². The number of halogens is 1. The van der Waals surface area contributed by atoms with Gasteiger partial charge in [-0.1, -0.05) is 51.4 Å². The molecule has 1 unspecified atom stereocenters. The van der Waals surface area contributed by atoms with Crippen LogP contribution in [-0.2, 0) is 11.3 Å². The zero-order valence-electron chi connectivity index (χ0n) is 15.3. The van der Waals surface area contributed by atoms with Gasteiger partial charge in [-0.25, -0.2) is 0 Å². The molecule has 0 spiro atoms.